The van der Waals surface area contributed by atoms with E-state index in [1.54, 1.807) is 6.20 Å². The van der Waals surface area contributed by atoms with Gasteiger partial charge < -0.3 is 10.6 Å². The maximum atomic E-state index is 6.17. The van der Waals surface area contributed by atoms with Crippen LogP contribution >= 0.6 is 11.6 Å². The van der Waals surface area contributed by atoms with Gasteiger partial charge in [-0.1, -0.05) is 24.6 Å². The molecule has 1 aliphatic carbocycles. The van der Waals surface area contributed by atoms with Crippen LogP contribution in [0.1, 0.15) is 52.5 Å². The zero-order valence-electron chi connectivity index (χ0n) is 16.6. The first-order valence-corrected chi connectivity index (χ1v) is 10.4. The van der Waals surface area contributed by atoms with E-state index in [9.17, 15) is 0 Å². The molecule has 2 aromatic heterocycles. The van der Waals surface area contributed by atoms with E-state index in [1.807, 2.05) is 24.3 Å². The molecule has 0 radical (unpaired) electrons. The van der Waals surface area contributed by atoms with Crippen molar-refractivity contribution in [2.75, 3.05) is 10.6 Å². The van der Waals surface area contributed by atoms with Crippen LogP contribution in [0.25, 0.3) is 11.2 Å². The van der Waals surface area contributed by atoms with Crippen LogP contribution in [0.2, 0.25) is 5.02 Å². The molecular formula is C21H27ClN6. The molecule has 1 fully saturated rings. The van der Waals surface area contributed by atoms with Gasteiger partial charge in [-0.15, -0.1) is 0 Å². The zero-order chi connectivity index (χ0) is 19.7. The predicted octanol–water partition coefficient (Wildman–Crippen LogP) is 5.79. The number of nitrogens with zero attached hydrogens (tertiary/aromatic N) is 4. The quantitative estimate of drug-likeness (QED) is 0.568. The van der Waals surface area contributed by atoms with Crippen molar-refractivity contribution in [1.82, 2.24) is 19.5 Å². The second-order valence-corrected chi connectivity index (χ2v) is 8.49. The number of halogens is 1. The summed E-state index contributed by atoms with van der Waals surface area (Å²) in [5.74, 6) is 2.22. The van der Waals surface area contributed by atoms with Crippen molar-refractivity contribution in [3.63, 3.8) is 0 Å². The summed E-state index contributed by atoms with van der Waals surface area (Å²) in [5.41, 5.74) is 2.60. The van der Waals surface area contributed by atoms with Crippen LogP contribution in [0.5, 0.6) is 0 Å². The van der Waals surface area contributed by atoms with Crippen LogP contribution in [0.15, 0.2) is 30.5 Å². The van der Waals surface area contributed by atoms with Gasteiger partial charge in [0.15, 0.2) is 5.65 Å². The zero-order valence-corrected chi connectivity index (χ0v) is 17.4. The van der Waals surface area contributed by atoms with E-state index >= 15 is 0 Å². The third-order valence-corrected chi connectivity index (χ3v) is 5.52. The van der Waals surface area contributed by atoms with Crippen LogP contribution in [0, 0.1) is 5.92 Å². The molecular weight excluding hydrogens is 372 g/mol. The van der Waals surface area contributed by atoms with Crippen molar-refractivity contribution in [2.24, 2.45) is 5.92 Å². The average molecular weight is 399 g/mol. The van der Waals surface area contributed by atoms with E-state index in [0.29, 0.717) is 17.0 Å². The molecule has 4 rings (SSSR count). The van der Waals surface area contributed by atoms with Crippen LogP contribution in [-0.2, 0) is 0 Å². The highest BCUT2D eigenvalue weighted by Crippen LogP contribution is 2.36. The second kappa shape index (κ2) is 7.95. The Bertz CT molecular complexity index is 959. The van der Waals surface area contributed by atoms with Crippen molar-refractivity contribution in [2.45, 2.75) is 58.5 Å². The summed E-state index contributed by atoms with van der Waals surface area (Å²) in [4.78, 5) is 14.0. The minimum Gasteiger partial charge on any atom is -0.352 e. The van der Waals surface area contributed by atoms with Crippen molar-refractivity contribution in [1.29, 1.82) is 0 Å². The lowest BCUT2D eigenvalue weighted by Crippen LogP contribution is -2.19. The Balaban J connectivity index is 1.77. The summed E-state index contributed by atoms with van der Waals surface area (Å²) >= 11 is 6.17. The lowest BCUT2D eigenvalue weighted by Gasteiger charge is -2.28. The fraction of sp³-hybridized carbons (Fsp3) is 0.476. The van der Waals surface area contributed by atoms with Crippen molar-refractivity contribution < 1.29 is 0 Å². The third kappa shape index (κ3) is 4.07. The average Bonchev–Trinajstić information content (AvgIpc) is 2.99. The minimum atomic E-state index is 0.272. The highest BCUT2D eigenvalue weighted by Gasteiger charge is 2.25. The summed E-state index contributed by atoms with van der Waals surface area (Å²) in [6, 6.07) is 8.36. The molecule has 6 nitrogen and oxygen atoms in total. The number of fused-ring (bicyclic) bond motifs is 1. The second-order valence-electron chi connectivity index (χ2n) is 8.06. The number of rotatable bonds is 5. The molecule has 0 unspecified atom stereocenters. The smallest absolute Gasteiger partial charge is 0.224 e. The molecule has 0 spiro atoms. The molecule has 0 aliphatic heterocycles. The van der Waals surface area contributed by atoms with Crippen molar-refractivity contribution in [3.05, 3.63) is 35.5 Å². The first kappa shape index (κ1) is 19.0. The molecule has 2 N–H and O–H groups in total. The number of hydrogen-bond acceptors (Lipinski definition) is 5. The maximum absolute atomic E-state index is 6.17. The Kier molecular flexibility index (Phi) is 5.40. The topological polar surface area (TPSA) is 67.7 Å². The van der Waals surface area contributed by atoms with E-state index < -0.39 is 0 Å². The molecule has 1 aromatic carbocycles. The molecule has 0 amide bonds. The van der Waals surface area contributed by atoms with Gasteiger partial charge >= 0.3 is 0 Å². The van der Waals surface area contributed by atoms with Crippen LogP contribution in [-0.4, -0.2) is 25.6 Å². The van der Waals surface area contributed by atoms with Crippen LogP contribution in [0.4, 0.5) is 17.6 Å². The first-order chi connectivity index (χ1) is 13.5. The molecule has 1 aliphatic rings. The summed E-state index contributed by atoms with van der Waals surface area (Å²) in [5, 5.41) is 7.45. The van der Waals surface area contributed by atoms with Crippen LogP contribution < -0.4 is 10.6 Å². The van der Waals surface area contributed by atoms with Gasteiger partial charge in [-0.2, -0.15) is 4.98 Å². The summed E-state index contributed by atoms with van der Waals surface area (Å²) < 4.78 is 2.26. The Labute approximate surface area is 170 Å². The Morgan fingerprint density at radius 2 is 1.93 bits per heavy atom. The summed E-state index contributed by atoms with van der Waals surface area (Å²) in [7, 11) is 0. The summed E-state index contributed by atoms with van der Waals surface area (Å²) in [6.07, 6.45) is 6.52. The van der Waals surface area contributed by atoms with E-state index in [4.69, 9.17) is 21.6 Å². The van der Waals surface area contributed by atoms with Gasteiger partial charge in [-0.3, -0.25) is 4.57 Å². The molecule has 7 heteroatoms. The number of hydrogen-bond donors (Lipinski definition) is 2. The standard InChI is InChI=1S/C21H27ClN6/c1-13(2)24-20-23-12-18-19(27-20)28(17-9-7-14(3)8-10-17)21(26-18)25-16-6-4-5-15(22)11-16/h4-6,11-14,17H,7-10H2,1-3H3,(H,25,26)(H,23,24,27). The lowest BCUT2D eigenvalue weighted by molar-refractivity contribution is 0.295. The molecule has 1 saturated carbocycles. The molecule has 0 bridgehead atoms. The highest BCUT2D eigenvalue weighted by molar-refractivity contribution is 6.30. The van der Waals surface area contributed by atoms with Gasteiger partial charge in [0.05, 0.1) is 6.20 Å². The largest absolute Gasteiger partial charge is 0.352 e. The SMILES string of the molecule is CC1CCC(n2c(Nc3cccc(Cl)c3)nc3cnc(NC(C)C)nc32)CC1. The molecule has 3 aromatic rings. The van der Waals surface area contributed by atoms with E-state index in [1.165, 1.54) is 12.8 Å². The van der Waals surface area contributed by atoms with Gasteiger partial charge in [-0.05, 0) is 63.6 Å². The van der Waals surface area contributed by atoms with Gasteiger partial charge in [0.2, 0.25) is 11.9 Å². The fourth-order valence-electron chi connectivity index (χ4n) is 3.85. The van der Waals surface area contributed by atoms with E-state index in [2.05, 4.69) is 41.0 Å². The third-order valence-electron chi connectivity index (χ3n) is 5.28. The van der Waals surface area contributed by atoms with Gasteiger partial charge in [0.25, 0.3) is 0 Å². The van der Waals surface area contributed by atoms with Gasteiger partial charge in [0, 0.05) is 22.8 Å². The number of imidazole rings is 1. The molecule has 0 atom stereocenters. The molecule has 28 heavy (non-hydrogen) atoms. The van der Waals surface area contributed by atoms with Gasteiger partial charge in [0.1, 0.15) is 5.52 Å². The van der Waals surface area contributed by atoms with Crippen molar-refractivity contribution >= 4 is 40.3 Å². The molecule has 0 saturated heterocycles. The predicted molar refractivity (Wildman–Crippen MR) is 115 cm³/mol. The monoisotopic (exact) mass is 398 g/mol. The number of nitrogens with one attached hydrogen (secondary N) is 2. The Morgan fingerprint density at radius 1 is 1.14 bits per heavy atom. The maximum Gasteiger partial charge on any atom is 0.224 e. The Morgan fingerprint density at radius 3 is 2.64 bits per heavy atom. The van der Waals surface area contributed by atoms with E-state index in [-0.39, 0.29) is 6.04 Å². The molecule has 2 heterocycles. The highest BCUT2D eigenvalue weighted by atomic mass is 35.5. The first-order valence-electron chi connectivity index (χ1n) is 10.0. The van der Waals surface area contributed by atoms with Crippen molar-refractivity contribution in [3.8, 4) is 0 Å². The number of anilines is 3. The number of aromatic nitrogens is 4. The molecule has 148 valence electrons. The Hall–Kier alpha value is -2.34. The number of benzene rings is 1. The van der Waals surface area contributed by atoms with Crippen LogP contribution in [0.3, 0.4) is 0 Å². The minimum absolute atomic E-state index is 0.272. The van der Waals surface area contributed by atoms with Gasteiger partial charge in [-0.25, -0.2) is 9.97 Å². The fourth-order valence-corrected chi connectivity index (χ4v) is 4.04. The lowest BCUT2D eigenvalue weighted by atomic mass is 9.87. The normalized spacial score (nSPS) is 19.9. The summed E-state index contributed by atoms with van der Waals surface area (Å²) in [6.45, 7) is 6.50. The van der Waals surface area contributed by atoms with E-state index in [0.717, 1.165) is 41.6 Å².